The maximum Gasteiger partial charge on any atom is 0.143 e. The molecule has 15 heavy (non-hydrogen) atoms. The Morgan fingerprint density at radius 1 is 1.33 bits per heavy atom. The predicted molar refractivity (Wildman–Crippen MR) is 59.5 cm³/mol. The van der Waals surface area contributed by atoms with E-state index < -0.39 is 0 Å². The van der Waals surface area contributed by atoms with Crippen molar-refractivity contribution in [1.29, 1.82) is 0 Å². The molecule has 3 heteroatoms. The summed E-state index contributed by atoms with van der Waals surface area (Å²) >= 11 is 1.49. The van der Waals surface area contributed by atoms with Crippen molar-refractivity contribution >= 4 is 17.5 Å². The minimum Gasteiger partial charge on any atom is -0.299 e. The molecule has 1 aliphatic carbocycles. The fourth-order valence-electron chi connectivity index (χ4n) is 1.40. The topological polar surface area (TPSA) is 17.1 Å². The van der Waals surface area contributed by atoms with Gasteiger partial charge < -0.3 is 0 Å². The van der Waals surface area contributed by atoms with Gasteiger partial charge in [-0.1, -0.05) is 0 Å². The molecular weight excluding hydrogens is 211 g/mol. The molecule has 0 bridgehead atoms. The summed E-state index contributed by atoms with van der Waals surface area (Å²) in [5.41, 5.74) is 0. The predicted octanol–water partition coefficient (Wildman–Crippen LogP) is 3.29. The van der Waals surface area contributed by atoms with E-state index in [0.29, 0.717) is 17.5 Å². The Labute approximate surface area is 93.1 Å². The number of carbonyl (C=O) groups is 1. The van der Waals surface area contributed by atoms with Crippen LogP contribution in [-0.2, 0) is 4.79 Å². The van der Waals surface area contributed by atoms with Gasteiger partial charge >= 0.3 is 0 Å². The molecule has 0 saturated heterocycles. The lowest BCUT2D eigenvalue weighted by Crippen LogP contribution is -2.01. The maximum atomic E-state index is 12.6. The van der Waals surface area contributed by atoms with Gasteiger partial charge in [-0.15, -0.1) is 11.8 Å². The van der Waals surface area contributed by atoms with E-state index in [1.807, 2.05) is 0 Å². The lowest BCUT2D eigenvalue weighted by molar-refractivity contribution is -0.116. The average Bonchev–Trinajstić information content (AvgIpc) is 3.01. The van der Waals surface area contributed by atoms with Crippen LogP contribution in [0.1, 0.15) is 19.3 Å². The van der Waals surface area contributed by atoms with E-state index in [9.17, 15) is 9.18 Å². The van der Waals surface area contributed by atoms with E-state index in [2.05, 4.69) is 0 Å². The lowest BCUT2D eigenvalue weighted by atomic mass is 10.2. The summed E-state index contributed by atoms with van der Waals surface area (Å²) in [7, 11) is 0. The minimum atomic E-state index is -0.233. The van der Waals surface area contributed by atoms with E-state index in [1.165, 1.54) is 36.7 Å². The lowest BCUT2D eigenvalue weighted by Gasteiger charge is -2.00. The van der Waals surface area contributed by atoms with Crippen molar-refractivity contribution in [3.05, 3.63) is 30.1 Å². The summed E-state index contributed by atoms with van der Waals surface area (Å²) in [6.07, 6.45) is 3.16. The molecule has 0 spiro atoms. The van der Waals surface area contributed by atoms with Crippen molar-refractivity contribution in [2.75, 3.05) is 5.75 Å². The van der Waals surface area contributed by atoms with Crippen LogP contribution in [0, 0.1) is 11.7 Å². The van der Waals surface area contributed by atoms with Gasteiger partial charge in [0.05, 0.1) is 5.75 Å². The third-order valence-corrected chi connectivity index (χ3v) is 3.50. The Bertz CT molecular complexity index is 343. The second-order valence-corrected chi connectivity index (χ2v) is 4.98. The molecule has 0 aromatic heterocycles. The zero-order valence-corrected chi connectivity index (χ0v) is 9.23. The summed E-state index contributed by atoms with van der Waals surface area (Å²) in [5.74, 6) is 1.25. The number of Topliss-reactive ketones (excluding diaryl/α,β-unsaturated/α-hetero) is 1. The number of hydrogen-bond donors (Lipinski definition) is 0. The maximum absolute atomic E-state index is 12.6. The Hall–Kier alpha value is -0.830. The second kappa shape index (κ2) is 4.79. The Morgan fingerprint density at radius 3 is 2.60 bits per heavy atom. The first-order chi connectivity index (χ1) is 7.24. The van der Waals surface area contributed by atoms with Crippen LogP contribution in [0.3, 0.4) is 0 Å². The van der Waals surface area contributed by atoms with Crippen LogP contribution in [0.2, 0.25) is 0 Å². The highest BCUT2D eigenvalue weighted by molar-refractivity contribution is 8.00. The first-order valence-electron chi connectivity index (χ1n) is 5.14. The van der Waals surface area contributed by atoms with E-state index in [4.69, 9.17) is 0 Å². The molecule has 0 N–H and O–H groups in total. The van der Waals surface area contributed by atoms with Gasteiger partial charge in [-0.05, 0) is 43.0 Å². The average molecular weight is 224 g/mol. The third-order valence-electron chi connectivity index (χ3n) is 2.43. The number of benzene rings is 1. The van der Waals surface area contributed by atoms with Gasteiger partial charge in [0.15, 0.2) is 0 Å². The molecule has 0 amide bonds. The zero-order chi connectivity index (χ0) is 10.7. The van der Waals surface area contributed by atoms with Gasteiger partial charge in [-0.3, -0.25) is 4.79 Å². The van der Waals surface area contributed by atoms with Gasteiger partial charge in [0, 0.05) is 11.3 Å². The van der Waals surface area contributed by atoms with Crippen LogP contribution >= 0.6 is 11.8 Å². The van der Waals surface area contributed by atoms with Crippen molar-refractivity contribution in [2.45, 2.75) is 24.2 Å². The van der Waals surface area contributed by atoms with Crippen LogP contribution in [0.4, 0.5) is 4.39 Å². The first kappa shape index (κ1) is 10.7. The molecule has 0 heterocycles. The molecular formula is C12H13FOS. The Morgan fingerprint density at radius 2 is 2.00 bits per heavy atom. The van der Waals surface area contributed by atoms with Crippen molar-refractivity contribution in [2.24, 2.45) is 5.92 Å². The quantitative estimate of drug-likeness (QED) is 0.714. The fourth-order valence-corrected chi connectivity index (χ4v) is 2.17. The summed E-state index contributed by atoms with van der Waals surface area (Å²) in [6.45, 7) is 0. The monoisotopic (exact) mass is 224 g/mol. The van der Waals surface area contributed by atoms with Crippen LogP contribution in [-0.4, -0.2) is 11.5 Å². The van der Waals surface area contributed by atoms with Gasteiger partial charge in [0.1, 0.15) is 11.6 Å². The van der Waals surface area contributed by atoms with Crippen molar-refractivity contribution in [3.8, 4) is 0 Å². The number of halogens is 1. The first-order valence-corrected chi connectivity index (χ1v) is 6.12. The molecule has 1 fully saturated rings. The third kappa shape index (κ3) is 3.67. The molecule has 0 atom stereocenters. The highest BCUT2D eigenvalue weighted by Crippen LogP contribution is 2.33. The van der Waals surface area contributed by atoms with Crippen LogP contribution in [0.15, 0.2) is 29.2 Å². The van der Waals surface area contributed by atoms with Gasteiger partial charge in [0.2, 0.25) is 0 Å². The molecule has 1 nitrogen and oxygen atoms in total. The molecule has 0 aliphatic heterocycles. The van der Waals surface area contributed by atoms with E-state index in [0.717, 1.165) is 11.3 Å². The molecule has 1 aliphatic rings. The van der Waals surface area contributed by atoms with Crippen LogP contribution in [0.25, 0.3) is 0 Å². The SMILES string of the molecule is O=C(CSc1ccc(F)cc1)CC1CC1. The van der Waals surface area contributed by atoms with Crippen LogP contribution in [0.5, 0.6) is 0 Å². The zero-order valence-electron chi connectivity index (χ0n) is 8.41. The molecule has 1 aromatic carbocycles. The summed E-state index contributed by atoms with van der Waals surface area (Å²) in [4.78, 5) is 12.4. The van der Waals surface area contributed by atoms with Crippen LogP contribution < -0.4 is 0 Å². The number of rotatable bonds is 5. The number of carbonyl (C=O) groups excluding carboxylic acids is 1. The fraction of sp³-hybridized carbons (Fsp3) is 0.417. The van der Waals surface area contributed by atoms with Crippen molar-refractivity contribution < 1.29 is 9.18 Å². The number of hydrogen-bond acceptors (Lipinski definition) is 2. The number of ketones is 1. The molecule has 1 aromatic rings. The summed E-state index contributed by atoms with van der Waals surface area (Å²) < 4.78 is 12.6. The largest absolute Gasteiger partial charge is 0.299 e. The Kier molecular flexibility index (Phi) is 3.41. The standard InChI is InChI=1S/C12H13FOS/c13-10-3-5-12(6-4-10)15-8-11(14)7-9-1-2-9/h3-6,9H,1-2,7-8H2. The normalized spacial score (nSPS) is 15.3. The molecule has 0 radical (unpaired) electrons. The van der Waals surface area contributed by atoms with Gasteiger partial charge in [-0.2, -0.15) is 0 Å². The summed E-state index contributed by atoms with van der Waals surface area (Å²) in [6, 6.07) is 6.27. The van der Waals surface area contributed by atoms with E-state index >= 15 is 0 Å². The Balaban J connectivity index is 1.76. The van der Waals surface area contributed by atoms with Gasteiger partial charge in [0.25, 0.3) is 0 Å². The van der Waals surface area contributed by atoms with Gasteiger partial charge in [-0.25, -0.2) is 4.39 Å². The van der Waals surface area contributed by atoms with Crippen molar-refractivity contribution in [3.63, 3.8) is 0 Å². The highest BCUT2D eigenvalue weighted by atomic mass is 32.2. The molecule has 1 saturated carbocycles. The highest BCUT2D eigenvalue weighted by Gasteiger charge is 2.23. The van der Waals surface area contributed by atoms with E-state index in [-0.39, 0.29) is 5.82 Å². The second-order valence-electron chi connectivity index (χ2n) is 3.93. The summed E-state index contributed by atoms with van der Waals surface area (Å²) in [5, 5.41) is 0. The minimum absolute atomic E-state index is 0.233. The molecule has 80 valence electrons. The van der Waals surface area contributed by atoms with Crippen molar-refractivity contribution in [1.82, 2.24) is 0 Å². The smallest absolute Gasteiger partial charge is 0.143 e. The van der Waals surface area contributed by atoms with E-state index in [1.54, 1.807) is 12.1 Å². The molecule has 2 rings (SSSR count). The number of thioether (sulfide) groups is 1. The molecule has 0 unspecified atom stereocenters.